The maximum atomic E-state index is 11.8. The molecule has 6 heteroatoms. The molecule has 4 nitrogen and oxygen atoms in total. The smallest absolute Gasteiger partial charge is 0.310 e. The van der Waals surface area contributed by atoms with E-state index in [1.807, 2.05) is 0 Å². The number of fused-ring (bicyclic) bond motifs is 1. The molecule has 0 aromatic heterocycles. The molecular weight excluding hydrogens is 279 g/mol. The van der Waals surface area contributed by atoms with E-state index in [0.29, 0.717) is 12.8 Å². The third-order valence-corrected chi connectivity index (χ3v) is 5.09. The van der Waals surface area contributed by atoms with Crippen molar-refractivity contribution in [3.8, 4) is 0 Å². The van der Waals surface area contributed by atoms with E-state index >= 15 is 0 Å². The second-order valence-electron chi connectivity index (χ2n) is 4.93. The maximum Gasteiger partial charge on any atom is 0.310 e. The molecule has 0 aliphatic heterocycles. The zero-order chi connectivity index (χ0) is 13.4. The van der Waals surface area contributed by atoms with Crippen LogP contribution in [0.25, 0.3) is 0 Å². The molecular formula is C12H16Cl2O4. The molecule has 2 rings (SSSR count). The van der Waals surface area contributed by atoms with Gasteiger partial charge in [-0.25, -0.2) is 0 Å². The topological polar surface area (TPSA) is 52.6 Å². The lowest BCUT2D eigenvalue weighted by molar-refractivity contribution is -0.148. The van der Waals surface area contributed by atoms with E-state index in [9.17, 15) is 9.59 Å². The van der Waals surface area contributed by atoms with Crippen LogP contribution in [0.1, 0.15) is 12.8 Å². The van der Waals surface area contributed by atoms with Gasteiger partial charge in [-0.1, -0.05) is 0 Å². The Balaban J connectivity index is 2.21. The molecule has 0 aromatic rings. The molecule has 2 saturated carbocycles. The fraction of sp³-hybridized carbons (Fsp3) is 0.833. The van der Waals surface area contributed by atoms with Crippen molar-refractivity contribution >= 4 is 35.1 Å². The van der Waals surface area contributed by atoms with Crippen molar-refractivity contribution < 1.29 is 19.1 Å². The van der Waals surface area contributed by atoms with Gasteiger partial charge in [0.2, 0.25) is 0 Å². The molecule has 2 aliphatic carbocycles. The van der Waals surface area contributed by atoms with Gasteiger partial charge in [0.1, 0.15) is 0 Å². The van der Waals surface area contributed by atoms with Crippen molar-refractivity contribution in [3.05, 3.63) is 0 Å². The van der Waals surface area contributed by atoms with Crippen LogP contribution in [0.2, 0.25) is 0 Å². The fourth-order valence-electron chi connectivity index (χ4n) is 3.44. The van der Waals surface area contributed by atoms with Gasteiger partial charge >= 0.3 is 11.9 Å². The monoisotopic (exact) mass is 294 g/mol. The highest BCUT2D eigenvalue weighted by atomic mass is 35.5. The molecule has 0 radical (unpaired) electrons. The first kappa shape index (κ1) is 13.9. The van der Waals surface area contributed by atoms with E-state index < -0.39 is 0 Å². The average molecular weight is 295 g/mol. The Kier molecular flexibility index (Phi) is 4.07. The third kappa shape index (κ3) is 2.10. The molecule has 2 aliphatic rings. The molecule has 0 bridgehead atoms. The minimum atomic E-state index is -0.363. The summed E-state index contributed by atoms with van der Waals surface area (Å²) in [5.41, 5.74) is 0. The summed E-state index contributed by atoms with van der Waals surface area (Å²) in [4.78, 5) is 23.5. The summed E-state index contributed by atoms with van der Waals surface area (Å²) < 4.78 is 9.57. The fourth-order valence-corrected chi connectivity index (χ4v) is 4.43. The summed E-state index contributed by atoms with van der Waals surface area (Å²) >= 11 is 12.4. The normalized spacial score (nSPS) is 42.4. The second-order valence-corrected chi connectivity index (χ2v) is 6.05. The van der Waals surface area contributed by atoms with E-state index in [-0.39, 0.29) is 46.4 Å². The summed E-state index contributed by atoms with van der Waals surface area (Å²) in [5.74, 6) is -1.30. The van der Waals surface area contributed by atoms with Gasteiger partial charge in [-0.15, -0.1) is 23.2 Å². The average Bonchev–Trinajstić information content (AvgIpc) is 2.80. The number of esters is 2. The highest BCUT2D eigenvalue weighted by Crippen LogP contribution is 2.54. The minimum absolute atomic E-state index is 0.0200. The number of ether oxygens (including phenoxy) is 2. The van der Waals surface area contributed by atoms with Crippen LogP contribution >= 0.6 is 23.2 Å². The van der Waals surface area contributed by atoms with Crippen LogP contribution in [0, 0.1) is 23.7 Å². The highest BCUT2D eigenvalue weighted by molar-refractivity contribution is 6.23. The van der Waals surface area contributed by atoms with Gasteiger partial charge in [-0.3, -0.25) is 9.59 Å². The molecule has 2 fully saturated rings. The van der Waals surface area contributed by atoms with Crippen LogP contribution in [-0.2, 0) is 19.1 Å². The number of halogens is 2. The van der Waals surface area contributed by atoms with E-state index in [2.05, 4.69) is 0 Å². The number of carbonyl (C=O) groups excluding carboxylic acids is 2. The van der Waals surface area contributed by atoms with E-state index in [0.717, 1.165) is 0 Å². The van der Waals surface area contributed by atoms with Crippen molar-refractivity contribution in [2.24, 2.45) is 23.7 Å². The first-order valence-corrected chi connectivity index (χ1v) is 6.82. The predicted molar refractivity (Wildman–Crippen MR) is 66.5 cm³/mol. The Bertz CT molecular complexity index is 326. The molecule has 0 saturated heterocycles. The summed E-state index contributed by atoms with van der Waals surface area (Å²) in [6, 6.07) is 0. The number of hydrogen-bond donors (Lipinski definition) is 0. The number of hydrogen-bond acceptors (Lipinski definition) is 4. The van der Waals surface area contributed by atoms with E-state index in [4.69, 9.17) is 32.7 Å². The summed E-state index contributed by atoms with van der Waals surface area (Å²) in [7, 11) is 2.70. The number of carbonyl (C=O) groups is 2. The van der Waals surface area contributed by atoms with E-state index in [1.54, 1.807) is 0 Å². The first-order chi connectivity index (χ1) is 8.51. The molecule has 0 unspecified atom stereocenters. The Hall–Kier alpha value is -0.480. The lowest BCUT2D eigenvalue weighted by atomic mass is 9.89. The summed E-state index contributed by atoms with van der Waals surface area (Å²) in [5, 5.41) is -0.576. The number of methoxy groups -OCH3 is 2. The molecule has 18 heavy (non-hydrogen) atoms. The van der Waals surface area contributed by atoms with Crippen LogP contribution in [0.15, 0.2) is 0 Å². The van der Waals surface area contributed by atoms with Gasteiger partial charge in [-0.2, -0.15) is 0 Å². The third-order valence-electron chi connectivity index (χ3n) is 4.19. The molecule has 6 atom stereocenters. The first-order valence-electron chi connectivity index (χ1n) is 5.95. The molecule has 0 amide bonds. The van der Waals surface area contributed by atoms with Crippen molar-refractivity contribution in [1.29, 1.82) is 0 Å². The van der Waals surface area contributed by atoms with Crippen LogP contribution in [0.4, 0.5) is 0 Å². The zero-order valence-corrected chi connectivity index (χ0v) is 11.8. The molecule has 0 spiro atoms. The van der Waals surface area contributed by atoms with Gasteiger partial charge in [0.25, 0.3) is 0 Å². The Morgan fingerprint density at radius 1 is 0.889 bits per heavy atom. The van der Waals surface area contributed by atoms with Crippen LogP contribution in [0.5, 0.6) is 0 Å². The summed E-state index contributed by atoms with van der Waals surface area (Å²) in [6.07, 6.45) is 1.21. The van der Waals surface area contributed by atoms with Crippen molar-refractivity contribution in [2.45, 2.75) is 23.6 Å². The molecule has 102 valence electrons. The minimum Gasteiger partial charge on any atom is -0.469 e. The lowest BCUT2D eigenvalue weighted by Gasteiger charge is -2.18. The van der Waals surface area contributed by atoms with Crippen molar-refractivity contribution in [1.82, 2.24) is 0 Å². The van der Waals surface area contributed by atoms with Crippen LogP contribution < -0.4 is 0 Å². The van der Waals surface area contributed by atoms with Gasteiger partial charge in [0.05, 0.1) is 26.1 Å². The zero-order valence-electron chi connectivity index (χ0n) is 10.3. The van der Waals surface area contributed by atoms with E-state index in [1.165, 1.54) is 14.2 Å². The van der Waals surface area contributed by atoms with Gasteiger partial charge < -0.3 is 9.47 Å². The van der Waals surface area contributed by atoms with Gasteiger partial charge in [0.15, 0.2) is 0 Å². The largest absolute Gasteiger partial charge is 0.469 e. The van der Waals surface area contributed by atoms with Crippen molar-refractivity contribution in [3.63, 3.8) is 0 Å². The Labute approximate surface area is 116 Å². The lowest BCUT2D eigenvalue weighted by Crippen LogP contribution is -2.27. The second kappa shape index (κ2) is 5.25. The van der Waals surface area contributed by atoms with Gasteiger partial charge in [0, 0.05) is 10.8 Å². The molecule has 0 heterocycles. The van der Waals surface area contributed by atoms with Crippen LogP contribution in [0.3, 0.4) is 0 Å². The standard InChI is InChI=1S/C12H16Cl2O4/c1-17-11(15)9-5-3-8(14)10(12(16)18-2)6(5)4-7(9)13/h5-10H,3-4H2,1-2H3/t5-,6-,7-,8-,9+,10+/m0/s1. The number of rotatable bonds is 2. The Morgan fingerprint density at radius 3 is 1.50 bits per heavy atom. The van der Waals surface area contributed by atoms with Gasteiger partial charge in [-0.05, 0) is 24.7 Å². The van der Waals surface area contributed by atoms with Crippen molar-refractivity contribution in [2.75, 3.05) is 14.2 Å². The predicted octanol–water partition coefficient (Wildman–Crippen LogP) is 1.82. The maximum absolute atomic E-state index is 11.8. The molecule has 0 N–H and O–H groups in total. The highest BCUT2D eigenvalue weighted by Gasteiger charge is 2.57. The van der Waals surface area contributed by atoms with Crippen LogP contribution in [-0.4, -0.2) is 36.9 Å². The number of alkyl halides is 2. The SMILES string of the molecule is COC(=O)[C@@H]1[C@H]2C[C@H](Cl)[C@H](C(=O)OC)[C@H]2C[C@@H]1Cl. The summed E-state index contributed by atoms with van der Waals surface area (Å²) in [6.45, 7) is 0. The quantitative estimate of drug-likeness (QED) is 0.576. The Morgan fingerprint density at radius 2 is 1.22 bits per heavy atom. The molecule has 0 aromatic carbocycles.